The van der Waals surface area contributed by atoms with Gasteiger partial charge in [-0.05, 0) is 31.4 Å². The monoisotopic (exact) mass is 303 g/mol. The minimum atomic E-state index is -0.0903. The average Bonchev–Trinajstić information content (AvgIpc) is 3.32. The van der Waals surface area contributed by atoms with Gasteiger partial charge in [-0.25, -0.2) is 4.79 Å². The minimum Gasteiger partial charge on any atom is -0.396 e. The van der Waals surface area contributed by atoms with Crippen molar-refractivity contribution in [3.8, 4) is 0 Å². The first kappa shape index (κ1) is 15.3. The third kappa shape index (κ3) is 4.21. The number of amides is 2. The number of rotatable bonds is 5. The molecule has 0 aromatic heterocycles. The summed E-state index contributed by atoms with van der Waals surface area (Å²) in [5.74, 6) is 0.150. The normalized spacial score (nSPS) is 25.7. The van der Waals surface area contributed by atoms with E-state index in [-0.39, 0.29) is 24.6 Å². The Bertz CT molecular complexity index is 490. The highest BCUT2D eigenvalue weighted by atomic mass is 16.3. The van der Waals surface area contributed by atoms with Crippen molar-refractivity contribution in [2.45, 2.75) is 37.9 Å². The van der Waals surface area contributed by atoms with Crippen molar-refractivity contribution in [1.29, 1.82) is 0 Å². The minimum absolute atomic E-state index is 0.0150. The predicted octanol–water partition coefficient (Wildman–Crippen LogP) is 1.33. The van der Waals surface area contributed by atoms with Crippen molar-refractivity contribution in [3.63, 3.8) is 0 Å². The van der Waals surface area contributed by atoms with Crippen molar-refractivity contribution < 1.29 is 9.90 Å². The van der Waals surface area contributed by atoms with Crippen LogP contribution in [0.3, 0.4) is 0 Å². The highest BCUT2D eigenvalue weighted by Crippen LogP contribution is 2.21. The summed E-state index contributed by atoms with van der Waals surface area (Å²) in [5, 5.41) is 15.6. The summed E-state index contributed by atoms with van der Waals surface area (Å²) in [6, 6.07) is 10.7. The number of carbonyl (C=O) groups excluding carboxylic acids is 1. The van der Waals surface area contributed by atoms with E-state index in [1.807, 2.05) is 6.07 Å². The summed E-state index contributed by atoms with van der Waals surface area (Å²) in [4.78, 5) is 14.3. The molecule has 2 amide bonds. The maximum Gasteiger partial charge on any atom is 0.315 e. The molecule has 3 rings (SSSR count). The van der Waals surface area contributed by atoms with Crippen LogP contribution in [0.2, 0.25) is 0 Å². The Morgan fingerprint density at radius 3 is 2.64 bits per heavy atom. The largest absolute Gasteiger partial charge is 0.396 e. The van der Waals surface area contributed by atoms with Gasteiger partial charge in [-0.1, -0.05) is 30.3 Å². The molecule has 22 heavy (non-hydrogen) atoms. The lowest BCUT2D eigenvalue weighted by atomic mass is 9.92. The van der Waals surface area contributed by atoms with E-state index in [4.69, 9.17) is 0 Å². The fraction of sp³-hybridized carbons (Fsp3) is 0.588. The van der Waals surface area contributed by atoms with E-state index in [1.165, 1.54) is 5.56 Å². The molecular weight excluding hydrogens is 278 g/mol. The molecule has 1 saturated heterocycles. The van der Waals surface area contributed by atoms with Gasteiger partial charge in [-0.2, -0.15) is 0 Å². The number of benzene rings is 1. The van der Waals surface area contributed by atoms with E-state index in [9.17, 15) is 9.90 Å². The summed E-state index contributed by atoms with van der Waals surface area (Å²) >= 11 is 0. The van der Waals surface area contributed by atoms with Gasteiger partial charge in [0.15, 0.2) is 0 Å². The number of urea groups is 1. The first-order valence-electron chi connectivity index (χ1n) is 8.19. The molecule has 5 nitrogen and oxygen atoms in total. The Hall–Kier alpha value is -1.59. The number of aliphatic hydroxyl groups excluding tert-OH is 1. The van der Waals surface area contributed by atoms with E-state index >= 15 is 0 Å². The van der Waals surface area contributed by atoms with Crippen molar-refractivity contribution in [2.75, 3.05) is 19.7 Å². The Morgan fingerprint density at radius 1 is 1.18 bits per heavy atom. The third-order valence-electron chi connectivity index (χ3n) is 4.55. The van der Waals surface area contributed by atoms with Gasteiger partial charge in [-0.3, -0.25) is 4.90 Å². The Labute approximate surface area is 131 Å². The van der Waals surface area contributed by atoms with Crippen molar-refractivity contribution in [3.05, 3.63) is 35.9 Å². The van der Waals surface area contributed by atoms with Gasteiger partial charge >= 0.3 is 6.03 Å². The number of likely N-dealkylation sites (tertiary alicyclic amines) is 1. The molecule has 5 heteroatoms. The first-order chi connectivity index (χ1) is 10.7. The van der Waals surface area contributed by atoms with Crippen LogP contribution in [-0.2, 0) is 6.54 Å². The zero-order valence-electron chi connectivity index (χ0n) is 12.9. The molecular formula is C17H25N3O2. The van der Waals surface area contributed by atoms with Crippen LogP contribution in [0.25, 0.3) is 0 Å². The first-order valence-corrected chi connectivity index (χ1v) is 8.19. The van der Waals surface area contributed by atoms with Gasteiger partial charge in [-0.15, -0.1) is 0 Å². The van der Waals surface area contributed by atoms with Crippen LogP contribution in [0.4, 0.5) is 4.79 Å². The molecule has 2 atom stereocenters. The summed E-state index contributed by atoms with van der Waals surface area (Å²) in [7, 11) is 0. The Balaban J connectivity index is 1.55. The number of hydrogen-bond donors (Lipinski definition) is 3. The molecule has 1 aromatic carbocycles. The molecule has 1 heterocycles. The van der Waals surface area contributed by atoms with E-state index in [1.54, 1.807) is 0 Å². The molecule has 0 spiro atoms. The molecule has 2 fully saturated rings. The van der Waals surface area contributed by atoms with E-state index in [2.05, 4.69) is 39.8 Å². The smallest absolute Gasteiger partial charge is 0.315 e. The number of aliphatic hydroxyl groups is 1. The van der Waals surface area contributed by atoms with Crippen LogP contribution in [0, 0.1) is 5.92 Å². The molecule has 0 bridgehead atoms. The summed E-state index contributed by atoms with van der Waals surface area (Å²) in [5.41, 5.74) is 1.28. The second-order valence-electron chi connectivity index (χ2n) is 6.45. The number of hydrogen-bond acceptors (Lipinski definition) is 3. The van der Waals surface area contributed by atoms with E-state index < -0.39 is 0 Å². The van der Waals surface area contributed by atoms with Gasteiger partial charge in [0.1, 0.15) is 0 Å². The number of piperidine rings is 1. The number of carbonyl (C=O) groups is 1. The van der Waals surface area contributed by atoms with Crippen LogP contribution in [0.15, 0.2) is 30.3 Å². The van der Waals surface area contributed by atoms with Crippen LogP contribution in [-0.4, -0.2) is 47.8 Å². The molecule has 3 N–H and O–H groups in total. The van der Waals surface area contributed by atoms with E-state index in [0.29, 0.717) is 6.04 Å². The summed E-state index contributed by atoms with van der Waals surface area (Å²) < 4.78 is 0. The van der Waals surface area contributed by atoms with E-state index in [0.717, 1.165) is 38.9 Å². The van der Waals surface area contributed by atoms with Gasteiger partial charge in [0, 0.05) is 37.7 Å². The molecule has 2 aliphatic rings. The fourth-order valence-electron chi connectivity index (χ4n) is 3.06. The van der Waals surface area contributed by atoms with Crippen molar-refractivity contribution in [2.24, 2.45) is 5.92 Å². The number of nitrogens with one attached hydrogen (secondary N) is 2. The maximum atomic E-state index is 12.0. The zero-order chi connectivity index (χ0) is 15.4. The second kappa shape index (κ2) is 7.11. The van der Waals surface area contributed by atoms with Gasteiger partial charge in [0.25, 0.3) is 0 Å². The maximum absolute atomic E-state index is 12.0. The highest BCUT2D eigenvalue weighted by molar-refractivity contribution is 5.75. The fourth-order valence-corrected chi connectivity index (χ4v) is 3.06. The topological polar surface area (TPSA) is 64.6 Å². The molecule has 2 unspecified atom stereocenters. The predicted molar refractivity (Wildman–Crippen MR) is 85.4 cm³/mol. The van der Waals surface area contributed by atoms with Crippen molar-refractivity contribution in [1.82, 2.24) is 15.5 Å². The highest BCUT2D eigenvalue weighted by Gasteiger charge is 2.31. The quantitative estimate of drug-likeness (QED) is 0.769. The van der Waals surface area contributed by atoms with Gasteiger partial charge < -0.3 is 15.7 Å². The van der Waals surface area contributed by atoms with Gasteiger partial charge in [0.05, 0.1) is 0 Å². The second-order valence-corrected chi connectivity index (χ2v) is 6.45. The van der Waals surface area contributed by atoms with Crippen LogP contribution < -0.4 is 10.6 Å². The summed E-state index contributed by atoms with van der Waals surface area (Å²) in [6.45, 7) is 2.77. The lowest BCUT2D eigenvalue weighted by Crippen LogP contribution is -2.55. The van der Waals surface area contributed by atoms with Crippen molar-refractivity contribution >= 4 is 6.03 Å². The molecule has 120 valence electrons. The van der Waals surface area contributed by atoms with Gasteiger partial charge in [0.2, 0.25) is 0 Å². The standard InChI is InChI=1S/C17H25N3O2/c21-12-14-8-9-20(10-13-4-2-1-3-5-13)11-16(14)19-17(22)18-15-6-7-15/h1-5,14-16,21H,6-12H2,(H2,18,19,22). The summed E-state index contributed by atoms with van der Waals surface area (Å²) in [6.07, 6.45) is 3.08. The Kier molecular flexibility index (Phi) is 4.95. The lowest BCUT2D eigenvalue weighted by molar-refractivity contribution is 0.0947. The Morgan fingerprint density at radius 2 is 1.95 bits per heavy atom. The molecule has 1 aromatic rings. The SMILES string of the molecule is O=C(NC1CC1)NC1CN(Cc2ccccc2)CCC1CO. The molecule has 1 aliphatic heterocycles. The molecule has 0 radical (unpaired) electrons. The lowest BCUT2D eigenvalue weighted by Gasteiger charge is -2.38. The number of nitrogens with zero attached hydrogens (tertiary/aromatic N) is 1. The van der Waals surface area contributed by atoms with Crippen LogP contribution in [0.5, 0.6) is 0 Å². The van der Waals surface area contributed by atoms with Crippen LogP contribution in [0.1, 0.15) is 24.8 Å². The molecule has 1 aliphatic carbocycles. The molecule has 1 saturated carbocycles. The third-order valence-corrected chi connectivity index (χ3v) is 4.55. The average molecular weight is 303 g/mol. The zero-order valence-corrected chi connectivity index (χ0v) is 12.9. The van der Waals surface area contributed by atoms with Crippen LogP contribution >= 0.6 is 0 Å².